The van der Waals surface area contributed by atoms with Gasteiger partial charge in [-0.05, 0) is 31.3 Å². The standard InChI is InChI=1S/C14H22O3/c1-3-13(15)12(10-14(16)17-4-2)11-8-6-5-7-9-11/h3,10-11,13,15H,1,4-9H2,2H3/b12-10+. The third-order valence-electron chi connectivity index (χ3n) is 3.21. The molecular formula is C14H22O3. The van der Waals surface area contributed by atoms with Gasteiger partial charge in [0.1, 0.15) is 0 Å². The molecule has 0 saturated heterocycles. The molecule has 0 aromatic heterocycles. The fourth-order valence-electron chi connectivity index (χ4n) is 2.34. The van der Waals surface area contributed by atoms with Crippen LogP contribution in [0.25, 0.3) is 0 Å². The lowest BCUT2D eigenvalue weighted by atomic mass is 9.81. The summed E-state index contributed by atoms with van der Waals surface area (Å²) < 4.78 is 4.90. The Labute approximate surface area is 103 Å². The van der Waals surface area contributed by atoms with Crippen molar-refractivity contribution in [2.24, 2.45) is 5.92 Å². The molecular weight excluding hydrogens is 216 g/mol. The second-order valence-corrected chi connectivity index (χ2v) is 4.41. The highest BCUT2D eigenvalue weighted by molar-refractivity contribution is 5.83. The van der Waals surface area contributed by atoms with E-state index < -0.39 is 6.10 Å². The molecule has 0 amide bonds. The lowest BCUT2D eigenvalue weighted by Gasteiger charge is -2.26. The maximum Gasteiger partial charge on any atom is 0.330 e. The molecule has 1 N–H and O–H groups in total. The Morgan fingerprint density at radius 1 is 1.47 bits per heavy atom. The molecule has 1 aliphatic carbocycles. The molecule has 0 aromatic rings. The second kappa shape index (κ2) is 7.28. The van der Waals surface area contributed by atoms with Gasteiger partial charge < -0.3 is 9.84 Å². The van der Waals surface area contributed by atoms with E-state index in [1.54, 1.807) is 6.92 Å². The van der Waals surface area contributed by atoms with E-state index in [0.29, 0.717) is 12.5 Å². The highest BCUT2D eigenvalue weighted by atomic mass is 16.5. The van der Waals surface area contributed by atoms with E-state index in [1.807, 2.05) is 0 Å². The van der Waals surface area contributed by atoms with Crippen molar-refractivity contribution in [3.8, 4) is 0 Å². The summed E-state index contributed by atoms with van der Waals surface area (Å²) in [5.41, 5.74) is 0.762. The van der Waals surface area contributed by atoms with E-state index in [9.17, 15) is 9.90 Å². The Morgan fingerprint density at radius 2 is 2.12 bits per heavy atom. The van der Waals surface area contributed by atoms with Crippen LogP contribution in [0.4, 0.5) is 0 Å². The van der Waals surface area contributed by atoms with Gasteiger partial charge in [-0.2, -0.15) is 0 Å². The lowest BCUT2D eigenvalue weighted by Crippen LogP contribution is -2.20. The van der Waals surface area contributed by atoms with Gasteiger partial charge in [-0.1, -0.05) is 25.3 Å². The van der Waals surface area contributed by atoms with Crippen LogP contribution in [0.5, 0.6) is 0 Å². The first-order chi connectivity index (χ1) is 8.19. The Kier molecular flexibility index (Phi) is 5.98. The predicted octanol–water partition coefficient (Wildman–Crippen LogP) is 2.60. The average molecular weight is 238 g/mol. The highest BCUT2D eigenvalue weighted by Crippen LogP contribution is 2.31. The molecule has 0 heterocycles. The Hall–Kier alpha value is -1.09. The number of aliphatic hydroxyl groups excluding tert-OH is 1. The minimum atomic E-state index is -0.734. The molecule has 1 saturated carbocycles. The number of hydrogen-bond acceptors (Lipinski definition) is 3. The zero-order valence-electron chi connectivity index (χ0n) is 10.5. The summed E-state index contributed by atoms with van der Waals surface area (Å²) in [6.45, 7) is 5.72. The Balaban J connectivity index is 2.78. The fourth-order valence-corrected chi connectivity index (χ4v) is 2.34. The fraction of sp³-hybridized carbons (Fsp3) is 0.643. The van der Waals surface area contributed by atoms with E-state index in [1.165, 1.54) is 18.6 Å². The van der Waals surface area contributed by atoms with Gasteiger partial charge in [-0.3, -0.25) is 0 Å². The zero-order valence-corrected chi connectivity index (χ0v) is 10.5. The lowest BCUT2D eigenvalue weighted by molar-refractivity contribution is -0.137. The first-order valence-electron chi connectivity index (χ1n) is 6.38. The molecule has 0 aromatic carbocycles. The van der Waals surface area contributed by atoms with Crippen LogP contribution in [0.15, 0.2) is 24.3 Å². The van der Waals surface area contributed by atoms with Crippen LogP contribution < -0.4 is 0 Å². The molecule has 0 bridgehead atoms. The van der Waals surface area contributed by atoms with Crippen molar-refractivity contribution in [1.82, 2.24) is 0 Å². The van der Waals surface area contributed by atoms with E-state index >= 15 is 0 Å². The van der Waals surface area contributed by atoms with E-state index in [0.717, 1.165) is 31.3 Å². The molecule has 1 fully saturated rings. The molecule has 0 spiro atoms. The minimum absolute atomic E-state index is 0.293. The largest absolute Gasteiger partial charge is 0.463 e. The maximum absolute atomic E-state index is 11.5. The van der Waals surface area contributed by atoms with Crippen LogP contribution in [0, 0.1) is 5.92 Å². The molecule has 1 unspecified atom stereocenters. The van der Waals surface area contributed by atoms with Crippen molar-refractivity contribution >= 4 is 5.97 Å². The van der Waals surface area contributed by atoms with Crippen LogP contribution >= 0.6 is 0 Å². The van der Waals surface area contributed by atoms with Gasteiger partial charge in [0.2, 0.25) is 0 Å². The normalized spacial score (nSPS) is 19.8. The first kappa shape index (κ1) is 14.0. The van der Waals surface area contributed by atoms with Crippen molar-refractivity contribution in [3.05, 3.63) is 24.3 Å². The van der Waals surface area contributed by atoms with Gasteiger partial charge >= 0.3 is 5.97 Å². The average Bonchev–Trinajstić information content (AvgIpc) is 2.36. The second-order valence-electron chi connectivity index (χ2n) is 4.41. The summed E-state index contributed by atoms with van der Waals surface area (Å²) in [6.07, 6.45) is 7.83. The van der Waals surface area contributed by atoms with Crippen molar-refractivity contribution in [2.75, 3.05) is 6.61 Å². The molecule has 3 heteroatoms. The third kappa shape index (κ3) is 4.35. The molecule has 1 aliphatic rings. The summed E-state index contributed by atoms with van der Waals surface area (Å²) in [6, 6.07) is 0. The van der Waals surface area contributed by atoms with E-state index in [-0.39, 0.29) is 5.97 Å². The summed E-state index contributed by atoms with van der Waals surface area (Å²) >= 11 is 0. The van der Waals surface area contributed by atoms with Crippen LogP contribution in [0.2, 0.25) is 0 Å². The smallest absolute Gasteiger partial charge is 0.330 e. The number of aliphatic hydroxyl groups is 1. The van der Waals surface area contributed by atoms with Gasteiger partial charge in [-0.25, -0.2) is 4.79 Å². The number of rotatable bonds is 5. The predicted molar refractivity (Wildman–Crippen MR) is 67.5 cm³/mol. The molecule has 1 atom stereocenters. The van der Waals surface area contributed by atoms with Gasteiger partial charge in [0.15, 0.2) is 0 Å². The van der Waals surface area contributed by atoms with Gasteiger partial charge in [0.25, 0.3) is 0 Å². The van der Waals surface area contributed by atoms with Crippen molar-refractivity contribution in [2.45, 2.75) is 45.1 Å². The monoisotopic (exact) mass is 238 g/mol. The van der Waals surface area contributed by atoms with Crippen LogP contribution in [0.3, 0.4) is 0 Å². The molecule has 0 radical (unpaired) electrons. The zero-order chi connectivity index (χ0) is 12.7. The summed E-state index contributed by atoms with van der Waals surface area (Å²) in [5.74, 6) is -0.0740. The third-order valence-corrected chi connectivity index (χ3v) is 3.21. The molecule has 1 rings (SSSR count). The van der Waals surface area contributed by atoms with Crippen LogP contribution in [-0.4, -0.2) is 23.8 Å². The summed E-state index contributed by atoms with van der Waals surface area (Å²) in [7, 11) is 0. The van der Waals surface area contributed by atoms with Crippen molar-refractivity contribution in [3.63, 3.8) is 0 Å². The van der Waals surface area contributed by atoms with Crippen LogP contribution in [-0.2, 0) is 9.53 Å². The number of carbonyl (C=O) groups is 1. The first-order valence-corrected chi connectivity index (χ1v) is 6.38. The quantitative estimate of drug-likeness (QED) is 0.455. The number of hydrogen-bond donors (Lipinski definition) is 1. The highest BCUT2D eigenvalue weighted by Gasteiger charge is 2.22. The number of esters is 1. The van der Waals surface area contributed by atoms with E-state index in [2.05, 4.69) is 6.58 Å². The topological polar surface area (TPSA) is 46.5 Å². The van der Waals surface area contributed by atoms with E-state index in [4.69, 9.17) is 4.74 Å². The van der Waals surface area contributed by atoms with Gasteiger partial charge in [0.05, 0.1) is 12.7 Å². The molecule has 96 valence electrons. The number of carbonyl (C=O) groups excluding carboxylic acids is 1. The summed E-state index contributed by atoms with van der Waals surface area (Å²) in [4.78, 5) is 11.5. The molecule has 17 heavy (non-hydrogen) atoms. The molecule has 0 aliphatic heterocycles. The molecule has 3 nitrogen and oxygen atoms in total. The Morgan fingerprint density at radius 3 is 2.65 bits per heavy atom. The minimum Gasteiger partial charge on any atom is -0.463 e. The van der Waals surface area contributed by atoms with Crippen molar-refractivity contribution in [1.29, 1.82) is 0 Å². The summed E-state index contributed by atoms with van der Waals surface area (Å²) in [5, 5.41) is 9.89. The van der Waals surface area contributed by atoms with Crippen molar-refractivity contribution < 1.29 is 14.6 Å². The Bertz CT molecular complexity index is 288. The van der Waals surface area contributed by atoms with Crippen LogP contribution in [0.1, 0.15) is 39.0 Å². The SMILES string of the molecule is C=CC(O)/C(=C/C(=O)OCC)C1CCCCC1. The van der Waals surface area contributed by atoms with Gasteiger partial charge in [-0.15, -0.1) is 6.58 Å². The number of ether oxygens (including phenoxy) is 1. The maximum atomic E-state index is 11.5. The van der Waals surface area contributed by atoms with Gasteiger partial charge in [0, 0.05) is 6.08 Å².